The Labute approximate surface area is 413 Å². The number of aromatic nitrogens is 8. The number of imidazole rings is 2. The van der Waals surface area contributed by atoms with Gasteiger partial charge in [0.15, 0.2) is 11.5 Å². The summed E-state index contributed by atoms with van der Waals surface area (Å²) < 4.78 is 51.2. The lowest BCUT2D eigenvalue weighted by atomic mass is 10.1. The van der Waals surface area contributed by atoms with Gasteiger partial charge in [-0.25, -0.2) is 29.0 Å². The van der Waals surface area contributed by atoms with Crippen molar-refractivity contribution in [3.8, 4) is 77.4 Å². The fraction of sp³-hybridized carbons (Fsp3) is 0.160. The molecule has 0 saturated carbocycles. The number of methoxy groups -OCH3 is 3. The second-order valence-electron chi connectivity index (χ2n) is 15.9. The maximum atomic E-state index is 6.38. The van der Waals surface area contributed by atoms with Gasteiger partial charge >= 0.3 is 0 Å². The molecule has 20 heteroatoms. The van der Waals surface area contributed by atoms with E-state index in [9.17, 15) is 0 Å². The molecule has 8 aromatic heterocycles. The molecule has 12 aromatic rings. The van der Waals surface area contributed by atoms with E-state index in [1.807, 2.05) is 72.2 Å². The molecule has 0 bridgehead atoms. The van der Waals surface area contributed by atoms with Crippen LogP contribution in [0.2, 0.25) is 0 Å². The van der Waals surface area contributed by atoms with Crippen molar-refractivity contribution >= 4 is 77.2 Å². The molecular weight excluding hydrogens is 969 g/mol. The monoisotopic (exact) mass is 1010 g/mol. The highest BCUT2D eigenvalue weighted by Gasteiger charge is 2.21. The average Bonchev–Trinajstić information content (AvgIpc) is 4.24. The van der Waals surface area contributed by atoms with Crippen LogP contribution in [0.15, 0.2) is 118 Å². The number of aryl methyl sites for hydroxylation is 1. The minimum Gasteiger partial charge on any atom is -0.496 e. The molecule has 0 radical (unpaired) electrons. The van der Waals surface area contributed by atoms with Gasteiger partial charge in [-0.1, -0.05) is 48.5 Å². The quantitative estimate of drug-likeness (QED) is 0.0845. The largest absolute Gasteiger partial charge is 0.496 e. The maximum Gasteiger partial charge on any atom is 0.294 e. The molecule has 0 fully saturated rings. The minimum absolute atomic E-state index is 0.254. The molecular formula is C50H38N8O8S4. The van der Waals surface area contributed by atoms with E-state index in [0.717, 1.165) is 53.7 Å². The van der Waals surface area contributed by atoms with E-state index < -0.39 is 0 Å². The van der Waals surface area contributed by atoms with Crippen LogP contribution >= 0.6 is 45.3 Å². The van der Waals surface area contributed by atoms with Gasteiger partial charge in [0.05, 0.1) is 62.5 Å². The zero-order valence-corrected chi connectivity index (χ0v) is 41.0. The Morgan fingerprint density at radius 3 is 1.89 bits per heavy atom. The van der Waals surface area contributed by atoms with Gasteiger partial charge in [-0.15, -0.1) is 32.9 Å². The highest BCUT2D eigenvalue weighted by atomic mass is 32.1. The van der Waals surface area contributed by atoms with Crippen molar-refractivity contribution in [2.45, 2.75) is 26.6 Å². The molecule has 0 aliphatic rings. The van der Waals surface area contributed by atoms with Crippen LogP contribution in [-0.4, -0.2) is 67.1 Å². The molecule has 0 unspecified atom stereocenters. The van der Waals surface area contributed by atoms with Gasteiger partial charge in [-0.05, 0) is 53.4 Å². The van der Waals surface area contributed by atoms with Gasteiger partial charge in [-0.3, -0.25) is 0 Å². The lowest BCUT2D eigenvalue weighted by Gasteiger charge is -2.08. The summed E-state index contributed by atoms with van der Waals surface area (Å²) in [6, 6.07) is 29.7. The first kappa shape index (κ1) is 43.5. The van der Waals surface area contributed by atoms with Crippen LogP contribution in [0.25, 0.3) is 75.9 Å². The third kappa shape index (κ3) is 8.54. The number of rotatable bonds is 17. The van der Waals surface area contributed by atoms with Crippen LogP contribution < -0.4 is 28.4 Å². The molecule has 0 atom stereocenters. The fourth-order valence-electron chi connectivity index (χ4n) is 7.82. The van der Waals surface area contributed by atoms with Gasteiger partial charge in [0, 0.05) is 52.1 Å². The second kappa shape index (κ2) is 18.3. The topological polar surface area (TPSA) is 168 Å². The van der Waals surface area contributed by atoms with Crippen LogP contribution in [0.5, 0.6) is 33.4 Å². The summed E-state index contributed by atoms with van der Waals surface area (Å²) in [6.45, 7) is 3.05. The normalized spacial score (nSPS) is 11.7. The predicted molar refractivity (Wildman–Crippen MR) is 269 cm³/mol. The van der Waals surface area contributed by atoms with Crippen molar-refractivity contribution in [1.29, 1.82) is 0 Å². The van der Waals surface area contributed by atoms with Crippen molar-refractivity contribution in [2.24, 2.45) is 0 Å². The van der Waals surface area contributed by atoms with Gasteiger partial charge in [0.25, 0.3) is 10.4 Å². The van der Waals surface area contributed by atoms with Crippen LogP contribution in [0.4, 0.5) is 0 Å². The Hall–Kier alpha value is -7.78. The third-order valence-corrected chi connectivity index (χ3v) is 15.1. The van der Waals surface area contributed by atoms with Gasteiger partial charge in [0.1, 0.15) is 68.8 Å². The smallest absolute Gasteiger partial charge is 0.294 e. The summed E-state index contributed by atoms with van der Waals surface area (Å²) in [7, 11) is 4.81. The Morgan fingerprint density at radius 1 is 0.586 bits per heavy atom. The molecule has 0 amide bonds. The summed E-state index contributed by atoms with van der Waals surface area (Å²) in [4.78, 5) is 21.8. The van der Waals surface area contributed by atoms with Gasteiger partial charge in [-0.2, -0.15) is 0 Å². The van der Waals surface area contributed by atoms with Crippen LogP contribution in [-0.2, 0) is 19.6 Å². The second-order valence-corrected chi connectivity index (χ2v) is 19.7. The Bertz CT molecular complexity index is 3780. The van der Waals surface area contributed by atoms with Crippen molar-refractivity contribution in [3.05, 3.63) is 131 Å². The number of fused-ring (bicyclic) bond motifs is 4. The molecule has 0 aliphatic heterocycles. The summed E-state index contributed by atoms with van der Waals surface area (Å²) in [5.74, 6) is 3.64. The molecule has 0 N–H and O–H groups in total. The minimum atomic E-state index is 0.254. The molecule has 350 valence electrons. The molecule has 0 saturated heterocycles. The van der Waals surface area contributed by atoms with Crippen LogP contribution in [0.1, 0.15) is 21.8 Å². The zero-order valence-electron chi connectivity index (χ0n) is 37.7. The fourth-order valence-corrected chi connectivity index (χ4v) is 11.0. The number of nitrogens with zero attached hydrogens (tertiary/aromatic N) is 8. The van der Waals surface area contributed by atoms with Crippen molar-refractivity contribution in [3.63, 3.8) is 0 Å². The number of ether oxygens (including phenoxy) is 6. The highest BCUT2D eigenvalue weighted by Crippen LogP contribution is 2.40. The van der Waals surface area contributed by atoms with E-state index in [2.05, 4.69) is 52.4 Å². The predicted octanol–water partition coefficient (Wildman–Crippen LogP) is 12.1. The molecule has 0 spiro atoms. The number of hydrogen-bond acceptors (Lipinski definition) is 18. The van der Waals surface area contributed by atoms with Gasteiger partial charge < -0.3 is 37.3 Å². The summed E-state index contributed by atoms with van der Waals surface area (Å²) in [5, 5.41) is 15.5. The first-order valence-corrected chi connectivity index (χ1v) is 25.1. The number of thiazole rings is 2. The van der Waals surface area contributed by atoms with E-state index in [1.54, 1.807) is 59.2 Å². The Morgan fingerprint density at radius 2 is 1.23 bits per heavy atom. The Balaban J connectivity index is 0.679. The molecule has 8 heterocycles. The molecule has 70 heavy (non-hydrogen) atoms. The summed E-state index contributed by atoms with van der Waals surface area (Å²) in [5.41, 5.74) is 7.41. The van der Waals surface area contributed by atoms with Crippen molar-refractivity contribution in [2.75, 3.05) is 27.9 Å². The third-order valence-electron chi connectivity index (χ3n) is 11.3. The molecule has 4 aromatic carbocycles. The van der Waals surface area contributed by atoms with E-state index in [1.165, 1.54) is 22.7 Å². The van der Waals surface area contributed by atoms with Crippen LogP contribution in [0, 0.1) is 6.92 Å². The summed E-state index contributed by atoms with van der Waals surface area (Å²) in [6.07, 6.45) is 4.31. The van der Waals surface area contributed by atoms with E-state index >= 15 is 0 Å². The lowest BCUT2D eigenvalue weighted by Crippen LogP contribution is -2.01. The first-order valence-electron chi connectivity index (χ1n) is 21.8. The summed E-state index contributed by atoms with van der Waals surface area (Å²) >= 11 is 5.93. The van der Waals surface area contributed by atoms with Crippen LogP contribution in [0.3, 0.4) is 0 Å². The van der Waals surface area contributed by atoms with E-state index in [4.69, 9.17) is 52.2 Å². The zero-order chi connectivity index (χ0) is 47.3. The molecule has 16 nitrogen and oxygen atoms in total. The van der Waals surface area contributed by atoms with E-state index in [0.29, 0.717) is 97.0 Å². The number of furan rings is 2. The number of hydrogen-bond donors (Lipinski definition) is 0. The van der Waals surface area contributed by atoms with E-state index in [-0.39, 0.29) is 6.61 Å². The first-order chi connectivity index (χ1) is 34.3. The molecule has 0 aliphatic carbocycles. The lowest BCUT2D eigenvalue weighted by molar-refractivity contribution is 0.303. The SMILES string of the molecule is COc1cc(OCc2csc(-c3cccc(CCOc4nn5cc(-c6cc7c(OCc8nc(-c9ccccc9)sc8C)cc(OC)cc7o6)nc5s4)c3)n2)c2cc(-c3cn4nc(OC)sc4n3)oc2c1. The van der Waals surface area contributed by atoms with Gasteiger partial charge in [0.2, 0.25) is 9.92 Å². The number of benzene rings is 4. The van der Waals surface area contributed by atoms with Crippen molar-refractivity contribution in [1.82, 2.24) is 39.2 Å². The average molecular weight is 1010 g/mol. The standard InChI is InChI=1S/C50H38N8O8S4/c1-27-38(52-46(68-27)29-10-6-5-7-11-29)25-64-40-17-33(60-3)19-42-35(40)21-44(66-42)37-23-58-48(54-37)70-50(56-58)62-14-13-28-9-8-12-30(15-28)45-51-31(26-67-45)24-63-39-16-32(59-2)18-41-34(39)20-43(65-41)36-22-57-47(53-36)69-49(55-57)61-4/h5-12,15-23,26H,13-14,24-25H2,1-4H3. The Kier molecular flexibility index (Phi) is 11.4. The molecule has 12 rings (SSSR count). The highest BCUT2D eigenvalue weighted by molar-refractivity contribution is 7.18. The maximum absolute atomic E-state index is 6.38. The van der Waals surface area contributed by atoms with Crippen molar-refractivity contribution < 1.29 is 37.3 Å².